The standard InChI is InChI=1S/C24H23N5O5/c1-34-8-7-26-23(30)11-14-9-17(15-3-2-4-16(12-15)29(32)33)24(31)18(10-14)20-13-21-19(27-20)5-6-22(25)28-21/h2-6,9-10,12-13,27,31H,7-8,11H2,1H3,(H2,25,28)(H,26,30). The van der Waals surface area contributed by atoms with Crippen LogP contribution in [-0.4, -0.2) is 46.2 Å². The summed E-state index contributed by atoms with van der Waals surface area (Å²) >= 11 is 0. The van der Waals surface area contributed by atoms with E-state index < -0.39 is 4.92 Å². The summed E-state index contributed by atoms with van der Waals surface area (Å²) in [5.74, 6) is 0.0642. The van der Waals surface area contributed by atoms with Crippen LogP contribution >= 0.6 is 0 Å². The van der Waals surface area contributed by atoms with Crippen molar-refractivity contribution in [3.63, 3.8) is 0 Å². The second-order valence-electron chi connectivity index (χ2n) is 7.72. The normalized spacial score (nSPS) is 11.0. The number of carbonyl (C=O) groups excluding carboxylic acids is 1. The van der Waals surface area contributed by atoms with Crippen LogP contribution < -0.4 is 11.1 Å². The number of nitrogens with one attached hydrogen (secondary N) is 2. The number of nitrogens with two attached hydrogens (primary N) is 1. The van der Waals surface area contributed by atoms with Gasteiger partial charge in [-0.1, -0.05) is 12.1 Å². The summed E-state index contributed by atoms with van der Waals surface area (Å²) in [4.78, 5) is 30.7. The first-order chi connectivity index (χ1) is 16.4. The summed E-state index contributed by atoms with van der Waals surface area (Å²) < 4.78 is 4.96. The Balaban J connectivity index is 1.82. The highest BCUT2D eigenvalue weighted by Gasteiger charge is 2.18. The average Bonchev–Trinajstić information content (AvgIpc) is 3.23. The monoisotopic (exact) mass is 461 g/mol. The second kappa shape index (κ2) is 9.59. The summed E-state index contributed by atoms with van der Waals surface area (Å²) in [5, 5.41) is 25.2. The fourth-order valence-electron chi connectivity index (χ4n) is 3.72. The number of anilines is 1. The van der Waals surface area contributed by atoms with Crippen molar-refractivity contribution < 1.29 is 19.6 Å². The quantitative estimate of drug-likeness (QED) is 0.178. The van der Waals surface area contributed by atoms with Gasteiger partial charge in [-0.25, -0.2) is 4.98 Å². The third kappa shape index (κ3) is 4.81. The highest BCUT2D eigenvalue weighted by Crippen LogP contribution is 2.40. The van der Waals surface area contributed by atoms with Gasteiger partial charge in [0.05, 0.1) is 34.7 Å². The number of nitrogen functional groups attached to an aromatic ring is 1. The number of ether oxygens (including phenoxy) is 1. The van der Waals surface area contributed by atoms with Crippen LogP contribution in [0, 0.1) is 10.1 Å². The topological polar surface area (TPSA) is 156 Å². The Morgan fingerprint density at radius 2 is 2.00 bits per heavy atom. The van der Waals surface area contributed by atoms with Crippen LogP contribution in [-0.2, 0) is 16.0 Å². The number of pyridine rings is 1. The number of methoxy groups -OCH3 is 1. The third-order valence-electron chi connectivity index (χ3n) is 5.32. The van der Waals surface area contributed by atoms with E-state index in [9.17, 15) is 20.0 Å². The number of aromatic nitrogens is 2. The summed E-state index contributed by atoms with van der Waals surface area (Å²) in [5.41, 5.74) is 9.47. The lowest BCUT2D eigenvalue weighted by Gasteiger charge is -2.13. The molecule has 5 N–H and O–H groups in total. The molecule has 0 atom stereocenters. The molecule has 10 nitrogen and oxygen atoms in total. The molecule has 4 aromatic rings. The zero-order valence-electron chi connectivity index (χ0n) is 18.4. The highest BCUT2D eigenvalue weighted by atomic mass is 16.6. The van der Waals surface area contributed by atoms with Crippen LogP contribution in [0.15, 0.2) is 54.6 Å². The number of amides is 1. The molecule has 1 amide bonds. The third-order valence-corrected chi connectivity index (χ3v) is 5.32. The summed E-state index contributed by atoms with van der Waals surface area (Å²) in [6.45, 7) is 0.754. The Hall–Kier alpha value is -4.44. The van der Waals surface area contributed by atoms with E-state index in [1.807, 2.05) is 0 Å². The zero-order valence-corrected chi connectivity index (χ0v) is 18.4. The van der Waals surface area contributed by atoms with E-state index in [1.54, 1.807) is 49.6 Å². The zero-order chi connectivity index (χ0) is 24.2. The number of rotatable bonds is 8. The van der Waals surface area contributed by atoms with E-state index >= 15 is 0 Å². The maximum Gasteiger partial charge on any atom is 0.270 e. The molecule has 10 heteroatoms. The van der Waals surface area contributed by atoms with Crippen LogP contribution in [0.2, 0.25) is 0 Å². The van der Waals surface area contributed by atoms with Gasteiger partial charge in [-0.15, -0.1) is 0 Å². The minimum absolute atomic E-state index is 0.0460. The minimum Gasteiger partial charge on any atom is -0.507 e. The van der Waals surface area contributed by atoms with Gasteiger partial charge in [0.1, 0.15) is 11.6 Å². The molecule has 0 spiro atoms. The number of non-ortho nitro benzene ring substituents is 1. The maximum absolute atomic E-state index is 12.4. The highest BCUT2D eigenvalue weighted by molar-refractivity contribution is 5.89. The number of nitro groups is 1. The predicted molar refractivity (Wildman–Crippen MR) is 128 cm³/mol. The Morgan fingerprint density at radius 3 is 2.76 bits per heavy atom. The minimum atomic E-state index is -0.498. The molecule has 0 saturated heterocycles. The molecular formula is C24H23N5O5. The van der Waals surface area contributed by atoms with E-state index in [4.69, 9.17) is 10.5 Å². The molecule has 174 valence electrons. The number of phenols is 1. The lowest BCUT2D eigenvalue weighted by molar-refractivity contribution is -0.384. The maximum atomic E-state index is 12.4. The predicted octanol–water partition coefficient (Wildman–Crippen LogP) is 3.40. The van der Waals surface area contributed by atoms with Crippen molar-refractivity contribution in [2.45, 2.75) is 6.42 Å². The summed E-state index contributed by atoms with van der Waals surface area (Å²) in [6.07, 6.45) is 0.0460. The molecule has 4 rings (SSSR count). The first-order valence-electron chi connectivity index (χ1n) is 10.5. The number of hydrogen-bond donors (Lipinski definition) is 4. The molecule has 0 radical (unpaired) electrons. The molecule has 0 aliphatic carbocycles. The van der Waals surface area contributed by atoms with Gasteiger partial charge in [-0.3, -0.25) is 14.9 Å². The first-order valence-corrected chi connectivity index (χ1v) is 10.5. The number of nitrogens with zero attached hydrogens (tertiary/aromatic N) is 2. The van der Waals surface area contributed by atoms with Crippen molar-refractivity contribution in [1.82, 2.24) is 15.3 Å². The average molecular weight is 461 g/mol. The fraction of sp³-hybridized carbons (Fsp3) is 0.167. The summed E-state index contributed by atoms with van der Waals surface area (Å²) in [6, 6.07) is 14.5. The van der Waals surface area contributed by atoms with Crippen molar-refractivity contribution in [3.8, 4) is 28.1 Å². The molecular weight excluding hydrogens is 438 g/mol. The van der Waals surface area contributed by atoms with Gasteiger partial charge in [-0.2, -0.15) is 0 Å². The van der Waals surface area contributed by atoms with Crippen LogP contribution in [0.3, 0.4) is 0 Å². The van der Waals surface area contributed by atoms with E-state index in [-0.39, 0.29) is 23.8 Å². The first kappa shape index (κ1) is 22.7. The Kier molecular flexibility index (Phi) is 6.42. The van der Waals surface area contributed by atoms with Gasteiger partial charge >= 0.3 is 0 Å². The molecule has 2 aromatic carbocycles. The van der Waals surface area contributed by atoms with Gasteiger partial charge < -0.3 is 25.9 Å². The van der Waals surface area contributed by atoms with Crippen molar-refractivity contribution >= 4 is 28.4 Å². The van der Waals surface area contributed by atoms with Crippen molar-refractivity contribution in [3.05, 3.63) is 70.3 Å². The number of aromatic amines is 1. The number of fused-ring (bicyclic) bond motifs is 1. The molecule has 0 unspecified atom stereocenters. The Bertz CT molecular complexity index is 1380. The largest absolute Gasteiger partial charge is 0.507 e. The molecule has 2 heterocycles. The van der Waals surface area contributed by atoms with E-state index in [1.165, 1.54) is 12.1 Å². The number of carbonyl (C=O) groups is 1. The fourth-order valence-corrected chi connectivity index (χ4v) is 3.72. The number of nitro benzene ring substituents is 1. The van der Waals surface area contributed by atoms with Crippen LogP contribution in [0.25, 0.3) is 33.4 Å². The lowest BCUT2D eigenvalue weighted by atomic mass is 9.95. The number of benzene rings is 2. The molecule has 0 saturated carbocycles. The number of H-pyrrole nitrogens is 1. The number of phenolic OH excluding ortho intramolecular Hbond substituents is 1. The molecule has 2 aromatic heterocycles. The van der Waals surface area contributed by atoms with Crippen molar-refractivity contribution in [2.24, 2.45) is 0 Å². The van der Waals surface area contributed by atoms with Crippen LogP contribution in [0.5, 0.6) is 5.75 Å². The van der Waals surface area contributed by atoms with Crippen LogP contribution in [0.1, 0.15) is 5.56 Å². The molecule has 0 fully saturated rings. The smallest absolute Gasteiger partial charge is 0.270 e. The van der Waals surface area contributed by atoms with Crippen molar-refractivity contribution in [2.75, 3.05) is 26.0 Å². The summed E-state index contributed by atoms with van der Waals surface area (Å²) in [7, 11) is 1.55. The molecule has 0 aliphatic rings. The lowest BCUT2D eigenvalue weighted by Crippen LogP contribution is -2.28. The SMILES string of the molecule is COCCNC(=O)Cc1cc(-c2cccc([N+](=O)[O-])c2)c(O)c(-c2cc3nc(N)ccc3[nH]2)c1. The Labute approximate surface area is 194 Å². The molecule has 0 bridgehead atoms. The van der Waals surface area contributed by atoms with Gasteiger partial charge in [0, 0.05) is 36.9 Å². The Morgan fingerprint density at radius 1 is 1.21 bits per heavy atom. The van der Waals surface area contributed by atoms with E-state index in [2.05, 4.69) is 15.3 Å². The van der Waals surface area contributed by atoms with Crippen LogP contribution in [0.4, 0.5) is 11.5 Å². The molecule has 0 aliphatic heterocycles. The van der Waals surface area contributed by atoms with Gasteiger partial charge in [0.15, 0.2) is 0 Å². The molecule has 34 heavy (non-hydrogen) atoms. The number of aromatic hydroxyl groups is 1. The van der Waals surface area contributed by atoms with Crippen molar-refractivity contribution in [1.29, 1.82) is 0 Å². The van der Waals surface area contributed by atoms with E-state index in [0.717, 1.165) is 5.52 Å². The van der Waals surface area contributed by atoms with E-state index in [0.29, 0.717) is 52.4 Å². The van der Waals surface area contributed by atoms with Gasteiger partial charge in [0.2, 0.25) is 5.91 Å². The van der Waals surface area contributed by atoms with Gasteiger partial charge in [0.25, 0.3) is 5.69 Å². The van der Waals surface area contributed by atoms with Gasteiger partial charge in [-0.05, 0) is 41.5 Å². The second-order valence-corrected chi connectivity index (χ2v) is 7.72. The number of hydrogen-bond acceptors (Lipinski definition) is 7.